The highest BCUT2D eigenvalue weighted by molar-refractivity contribution is 5.83. The fraction of sp³-hybridized carbons (Fsp3) is 0.833. The molecule has 1 amide bonds. The van der Waals surface area contributed by atoms with Gasteiger partial charge in [-0.1, -0.05) is 0 Å². The van der Waals surface area contributed by atoms with E-state index in [2.05, 4.69) is 10.6 Å². The highest BCUT2D eigenvalue weighted by atomic mass is 19.1. The maximum atomic E-state index is 12.8. The summed E-state index contributed by atoms with van der Waals surface area (Å²) < 4.78 is 12.8. The van der Waals surface area contributed by atoms with Crippen LogP contribution in [-0.4, -0.2) is 42.9 Å². The van der Waals surface area contributed by atoms with Crippen molar-refractivity contribution in [3.63, 3.8) is 0 Å². The van der Waals surface area contributed by atoms with E-state index in [1.54, 1.807) is 0 Å². The van der Waals surface area contributed by atoms with Crippen LogP contribution in [0.25, 0.3) is 0 Å². The van der Waals surface area contributed by atoms with Crippen LogP contribution in [0.5, 0.6) is 0 Å². The average Bonchev–Trinajstić information content (AvgIpc) is 2.02. The van der Waals surface area contributed by atoms with Crippen LogP contribution in [0.2, 0.25) is 0 Å². The number of rotatable bonds is 2. The molecule has 64 valence electrons. The van der Waals surface area contributed by atoms with Gasteiger partial charge < -0.3 is 10.4 Å². The molecule has 0 spiro atoms. The number of aliphatic hydroxyl groups excluding tert-OH is 1. The third kappa shape index (κ3) is 1.34. The minimum Gasteiger partial charge on any atom is -0.395 e. The Balaban J connectivity index is 2.38. The molecule has 5 heteroatoms. The molecule has 1 aliphatic heterocycles. The summed E-state index contributed by atoms with van der Waals surface area (Å²) in [4.78, 5) is 10.8. The van der Waals surface area contributed by atoms with E-state index < -0.39 is 18.3 Å². The van der Waals surface area contributed by atoms with Gasteiger partial charge in [-0.05, 0) is 0 Å². The van der Waals surface area contributed by atoms with Gasteiger partial charge >= 0.3 is 0 Å². The van der Waals surface area contributed by atoms with Crippen molar-refractivity contribution in [1.29, 1.82) is 0 Å². The number of carbonyl (C=O) groups excluding carboxylic acids is 1. The van der Waals surface area contributed by atoms with Crippen LogP contribution in [0.4, 0.5) is 4.39 Å². The molecular formula is C6H11FN2O2. The fourth-order valence-corrected chi connectivity index (χ4v) is 1.06. The molecule has 3 atom stereocenters. The monoisotopic (exact) mass is 162 g/mol. The zero-order chi connectivity index (χ0) is 8.43. The number of carbonyl (C=O) groups is 1. The Kier molecular flexibility index (Phi) is 2.41. The highest BCUT2D eigenvalue weighted by Gasteiger charge is 2.44. The largest absolute Gasteiger partial charge is 0.395 e. The summed E-state index contributed by atoms with van der Waals surface area (Å²) in [5.74, 6) is -0.373. The Morgan fingerprint density at radius 2 is 2.45 bits per heavy atom. The predicted molar refractivity (Wildman–Crippen MR) is 36.8 cm³/mol. The second kappa shape index (κ2) is 3.15. The number of nitrogens with one attached hydrogen (secondary N) is 2. The molecule has 11 heavy (non-hydrogen) atoms. The van der Waals surface area contributed by atoms with Crippen LogP contribution in [0.3, 0.4) is 0 Å². The molecule has 1 saturated heterocycles. The van der Waals surface area contributed by atoms with Gasteiger partial charge in [-0.25, -0.2) is 4.39 Å². The smallest absolute Gasteiger partial charge is 0.239 e. The van der Waals surface area contributed by atoms with Crippen molar-refractivity contribution < 1.29 is 14.3 Å². The quantitative estimate of drug-likeness (QED) is 0.458. The third-order valence-corrected chi connectivity index (χ3v) is 1.82. The second-order valence-corrected chi connectivity index (χ2v) is 2.49. The van der Waals surface area contributed by atoms with E-state index in [0.29, 0.717) is 0 Å². The third-order valence-electron chi connectivity index (χ3n) is 1.82. The molecule has 4 nitrogen and oxygen atoms in total. The van der Waals surface area contributed by atoms with E-state index in [1.165, 1.54) is 7.05 Å². The first-order valence-electron chi connectivity index (χ1n) is 3.43. The first kappa shape index (κ1) is 8.42. The van der Waals surface area contributed by atoms with Crippen molar-refractivity contribution in [2.45, 2.75) is 18.3 Å². The fourth-order valence-electron chi connectivity index (χ4n) is 1.06. The SMILES string of the molecule is CNC(=O)[C@H]1N[C@@H](CO)[C@@H]1F. The van der Waals surface area contributed by atoms with Crippen LogP contribution in [0, 0.1) is 0 Å². The minimum atomic E-state index is -1.26. The molecule has 1 heterocycles. The zero-order valence-electron chi connectivity index (χ0n) is 6.17. The van der Waals surface area contributed by atoms with Gasteiger partial charge in [-0.2, -0.15) is 0 Å². The Labute approximate surface area is 63.8 Å². The lowest BCUT2D eigenvalue weighted by Crippen LogP contribution is -2.69. The van der Waals surface area contributed by atoms with Gasteiger partial charge in [-0.3, -0.25) is 10.1 Å². The number of likely N-dealkylation sites (N-methyl/N-ethyl adjacent to an activating group) is 1. The molecule has 0 aromatic heterocycles. The molecule has 3 N–H and O–H groups in total. The lowest BCUT2D eigenvalue weighted by molar-refractivity contribution is -0.129. The summed E-state index contributed by atoms with van der Waals surface area (Å²) in [6.45, 7) is -0.269. The summed E-state index contributed by atoms with van der Waals surface area (Å²) in [6, 6.07) is -1.35. The van der Waals surface area contributed by atoms with Crippen LogP contribution >= 0.6 is 0 Å². The topological polar surface area (TPSA) is 61.4 Å². The minimum absolute atomic E-state index is 0.269. The van der Waals surface area contributed by atoms with E-state index in [-0.39, 0.29) is 12.5 Å². The Morgan fingerprint density at radius 3 is 2.82 bits per heavy atom. The lowest BCUT2D eigenvalue weighted by atomic mass is 9.94. The van der Waals surface area contributed by atoms with E-state index in [1.807, 2.05) is 0 Å². The van der Waals surface area contributed by atoms with E-state index in [4.69, 9.17) is 5.11 Å². The summed E-state index contributed by atoms with van der Waals surface area (Å²) in [7, 11) is 1.45. The number of halogens is 1. The van der Waals surface area contributed by atoms with Gasteiger partial charge in [0, 0.05) is 7.05 Å². The van der Waals surface area contributed by atoms with Crippen LogP contribution in [-0.2, 0) is 4.79 Å². The van der Waals surface area contributed by atoms with Crippen molar-refractivity contribution in [2.75, 3.05) is 13.7 Å². The van der Waals surface area contributed by atoms with Crippen molar-refractivity contribution in [2.24, 2.45) is 0 Å². The number of amides is 1. The maximum Gasteiger partial charge on any atom is 0.239 e. The van der Waals surface area contributed by atoms with Gasteiger partial charge in [0.2, 0.25) is 5.91 Å². The molecule has 1 aliphatic rings. The number of hydrogen-bond donors (Lipinski definition) is 3. The first-order chi connectivity index (χ1) is 5.20. The van der Waals surface area contributed by atoms with Gasteiger partial charge in [0.15, 0.2) is 0 Å². The second-order valence-electron chi connectivity index (χ2n) is 2.49. The van der Waals surface area contributed by atoms with Crippen molar-refractivity contribution >= 4 is 5.91 Å². The maximum absolute atomic E-state index is 12.8. The Morgan fingerprint density at radius 1 is 1.82 bits per heavy atom. The summed E-state index contributed by atoms with van der Waals surface area (Å²) in [5.41, 5.74) is 0. The normalized spacial score (nSPS) is 36.1. The molecule has 0 aromatic carbocycles. The van der Waals surface area contributed by atoms with Gasteiger partial charge in [-0.15, -0.1) is 0 Å². The average molecular weight is 162 g/mol. The van der Waals surface area contributed by atoms with Crippen molar-refractivity contribution in [3.05, 3.63) is 0 Å². The number of aliphatic hydroxyl groups is 1. The summed E-state index contributed by atoms with van der Waals surface area (Å²) in [6.07, 6.45) is -1.26. The van der Waals surface area contributed by atoms with Crippen LogP contribution < -0.4 is 10.6 Å². The molecule has 0 unspecified atom stereocenters. The standard InChI is InChI=1S/C6H11FN2O2/c1-8-6(11)5-4(7)3(2-10)9-5/h3-5,9-10H,2H2,1H3,(H,8,11)/t3-,4-,5-/m0/s1. The van der Waals surface area contributed by atoms with Crippen LogP contribution in [0.1, 0.15) is 0 Å². The summed E-state index contributed by atoms with van der Waals surface area (Å²) >= 11 is 0. The number of hydrogen-bond acceptors (Lipinski definition) is 3. The van der Waals surface area contributed by atoms with E-state index >= 15 is 0 Å². The molecule has 0 radical (unpaired) electrons. The lowest BCUT2D eigenvalue weighted by Gasteiger charge is -2.38. The molecule has 0 saturated carbocycles. The van der Waals surface area contributed by atoms with Gasteiger partial charge in [0.05, 0.1) is 12.6 Å². The molecule has 0 aromatic rings. The predicted octanol–water partition coefficient (Wildman–Crippen LogP) is -1.60. The van der Waals surface area contributed by atoms with Gasteiger partial charge in [0.25, 0.3) is 0 Å². The van der Waals surface area contributed by atoms with E-state index in [0.717, 1.165) is 0 Å². The van der Waals surface area contributed by atoms with Crippen LogP contribution in [0.15, 0.2) is 0 Å². The van der Waals surface area contributed by atoms with Gasteiger partial charge in [0.1, 0.15) is 12.2 Å². The van der Waals surface area contributed by atoms with E-state index in [9.17, 15) is 9.18 Å². The zero-order valence-corrected chi connectivity index (χ0v) is 6.17. The highest BCUT2D eigenvalue weighted by Crippen LogP contribution is 2.16. The Bertz CT molecular complexity index is 165. The molecule has 0 aliphatic carbocycles. The molecule has 1 rings (SSSR count). The number of alkyl halides is 1. The Hall–Kier alpha value is -0.680. The molecular weight excluding hydrogens is 151 g/mol. The van der Waals surface area contributed by atoms with Crippen molar-refractivity contribution in [1.82, 2.24) is 10.6 Å². The first-order valence-corrected chi connectivity index (χ1v) is 3.43. The summed E-state index contributed by atoms with van der Waals surface area (Å²) in [5, 5.41) is 13.4. The molecule has 0 bridgehead atoms. The van der Waals surface area contributed by atoms with Crippen molar-refractivity contribution in [3.8, 4) is 0 Å². The molecule has 1 fully saturated rings.